The van der Waals surface area contributed by atoms with E-state index < -0.39 is 11.5 Å². The Bertz CT molecular complexity index is 389. The molecule has 0 fully saturated rings. The fraction of sp³-hybridized carbons (Fsp3) is 0.727. The summed E-state index contributed by atoms with van der Waals surface area (Å²) in [5.74, 6) is 0.358. The standard InChI is InChI=1S/C11H19N3O3/c1-7(2)5-11(4,10(15)16)12-6-9-13-8(3)14-17-9/h7,12H,5-6H2,1-4H3,(H,15,16). The van der Waals surface area contributed by atoms with Crippen molar-refractivity contribution in [3.05, 3.63) is 11.7 Å². The Morgan fingerprint density at radius 2 is 2.24 bits per heavy atom. The maximum atomic E-state index is 11.3. The number of aromatic nitrogens is 2. The maximum Gasteiger partial charge on any atom is 0.323 e. The van der Waals surface area contributed by atoms with Gasteiger partial charge >= 0.3 is 5.97 Å². The fourth-order valence-corrected chi connectivity index (χ4v) is 1.73. The zero-order chi connectivity index (χ0) is 13.1. The molecule has 1 atom stereocenters. The molecule has 6 nitrogen and oxygen atoms in total. The quantitative estimate of drug-likeness (QED) is 0.781. The molecule has 17 heavy (non-hydrogen) atoms. The molecule has 1 unspecified atom stereocenters. The van der Waals surface area contributed by atoms with E-state index in [0.29, 0.717) is 18.1 Å². The van der Waals surface area contributed by atoms with Crippen molar-refractivity contribution in [1.82, 2.24) is 15.5 Å². The van der Waals surface area contributed by atoms with Gasteiger partial charge in [-0.25, -0.2) is 0 Å². The largest absolute Gasteiger partial charge is 0.480 e. The first-order valence-electron chi connectivity index (χ1n) is 5.61. The van der Waals surface area contributed by atoms with Gasteiger partial charge in [0.1, 0.15) is 5.54 Å². The third-order valence-electron chi connectivity index (χ3n) is 2.49. The Hall–Kier alpha value is -1.43. The highest BCUT2D eigenvalue weighted by molar-refractivity contribution is 5.78. The van der Waals surface area contributed by atoms with E-state index in [2.05, 4.69) is 15.5 Å². The molecule has 0 aliphatic rings. The van der Waals surface area contributed by atoms with E-state index in [1.807, 2.05) is 13.8 Å². The van der Waals surface area contributed by atoms with Gasteiger partial charge < -0.3 is 9.63 Å². The molecule has 1 heterocycles. The van der Waals surface area contributed by atoms with Crippen LogP contribution in [0.4, 0.5) is 0 Å². The van der Waals surface area contributed by atoms with E-state index in [4.69, 9.17) is 4.52 Å². The molecule has 0 aliphatic heterocycles. The first-order valence-corrected chi connectivity index (χ1v) is 5.61. The lowest BCUT2D eigenvalue weighted by molar-refractivity contribution is -0.145. The molecule has 0 aromatic carbocycles. The van der Waals surface area contributed by atoms with Crippen LogP contribution in [-0.2, 0) is 11.3 Å². The van der Waals surface area contributed by atoms with Crippen molar-refractivity contribution in [2.75, 3.05) is 0 Å². The molecule has 0 radical (unpaired) electrons. The van der Waals surface area contributed by atoms with Gasteiger partial charge in [0.25, 0.3) is 0 Å². The Kier molecular flexibility index (Phi) is 4.22. The smallest absolute Gasteiger partial charge is 0.323 e. The van der Waals surface area contributed by atoms with Crippen LogP contribution in [0.15, 0.2) is 4.52 Å². The molecule has 6 heteroatoms. The minimum atomic E-state index is -0.976. The highest BCUT2D eigenvalue weighted by atomic mass is 16.5. The number of aliphatic carboxylic acids is 1. The first kappa shape index (κ1) is 13.6. The molecule has 2 N–H and O–H groups in total. The second-order valence-electron chi connectivity index (χ2n) is 4.82. The second-order valence-corrected chi connectivity index (χ2v) is 4.82. The van der Waals surface area contributed by atoms with Crippen molar-refractivity contribution >= 4 is 5.97 Å². The third-order valence-corrected chi connectivity index (χ3v) is 2.49. The van der Waals surface area contributed by atoms with Crippen molar-refractivity contribution < 1.29 is 14.4 Å². The van der Waals surface area contributed by atoms with E-state index in [1.165, 1.54) is 0 Å². The molecule has 0 saturated carbocycles. The summed E-state index contributed by atoms with van der Waals surface area (Å²) in [6.07, 6.45) is 0.537. The minimum Gasteiger partial charge on any atom is -0.480 e. The van der Waals surface area contributed by atoms with E-state index in [9.17, 15) is 9.90 Å². The summed E-state index contributed by atoms with van der Waals surface area (Å²) >= 11 is 0. The number of hydrogen-bond acceptors (Lipinski definition) is 5. The molecule has 96 valence electrons. The van der Waals surface area contributed by atoms with Gasteiger partial charge in [0, 0.05) is 0 Å². The Morgan fingerprint density at radius 3 is 2.65 bits per heavy atom. The highest BCUT2D eigenvalue weighted by Crippen LogP contribution is 2.17. The molecule has 0 aliphatic carbocycles. The van der Waals surface area contributed by atoms with Crippen LogP contribution < -0.4 is 5.32 Å². The highest BCUT2D eigenvalue weighted by Gasteiger charge is 2.33. The van der Waals surface area contributed by atoms with E-state index in [0.717, 1.165) is 0 Å². The molecule has 0 bridgehead atoms. The van der Waals surface area contributed by atoms with Crippen LogP contribution in [0.25, 0.3) is 0 Å². The summed E-state index contributed by atoms with van der Waals surface area (Å²) in [6.45, 7) is 7.62. The van der Waals surface area contributed by atoms with Crippen molar-refractivity contribution in [3.63, 3.8) is 0 Å². The third kappa shape index (κ3) is 3.81. The van der Waals surface area contributed by atoms with Gasteiger partial charge in [0.15, 0.2) is 5.82 Å². The average molecular weight is 241 g/mol. The van der Waals surface area contributed by atoms with Crippen molar-refractivity contribution in [3.8, 4) is 0 Å². The van der Waals surface area contributed by atoms with Crippen molar-refractivity contribution in [2.24, 2.45) is 5.92 Å². The summed E-state index contributed by atoms with van der Waals surface area (Å²) in [7, 11) is 0. The molecule has 0 spiro atoms. The molecular formula is C11H19N3O3. The van der Waals surface area contributed by atoms with E-state index in [-0.39, 0.29) is 12.5 Å². The molecular weight excluding hydrogens is 222 g/mol. The lowest BCUT2D eigenvalue weighted by Crippen LogP contribution is -2.50. The van der Waals surface area contributed by atoms with Crippen LogP contribution in [0, 0.1) is 12.8 Å². The maximum absolute atomic E-state index is 11.3. The normalized spacial score (nSPS) is 14.9. The van der Waals surface area contributed by atoms with Gasteiger partial charge in [-0.1, -0.05) is 19.0 Å². The first-order chi connectivity index (χ1) is 7.83. The van der Waals surface area contributed by atoms with Gasteiger partial charge in [-0.2, -0.15) is 4.98 Å². The van der Waals surface area contributed by atoms with Crippen LogP contribution in [0.2, 0.25) is 0 Å². The summed E-state index contributed by atoms with van der Waals surface area (Å²) in [4.78, 5) is 15.3. The number of nitrogens with one attached hydrogen (secondary N) is 1. The number of hydrogen-bond donors (Lipinski definition) is 2. The van der Waals surface area contributed by atoms with Crippen LogP contribution in [0.5, 0.6) is 0 Å². The van der Waals surface area contributed by atoms with E-state index in [1.54, 1.807) is 13.8 Å². The number of carbonyl (C=O) groups is 1. The van der Waals surface area contributed by atoms with Gasteiger partial charge in [-0.05, 0) is 26.2 Å². The van der Waals surface area contributed by atoms with E-state index >= 15 is 0 Å². The predicted octanol–water partition coefficient (Wildman–Crippen LogP) is 1.36. The minimum absolute atomic E-state index is 0.260. The van der Waals surface area contributed by atoms with Gasteiger partial charge in [-0.3, -0.25) is 10.1 Å². The molecule has 0 amide bonds. The van der Waals surface area contributed by atoms with Crippen LogP contribution in [0.3, 0.4) is 0 Å². The Balaban J connectivity index is 2.64. The Morgan fingerprint density at radius 1 is 1.59 bits per heavy atom. The number of rotatable bonds is 6. The number of nitrogens with zero attached hydrogens (tertiary/aromatic N) is 2. The number of carboxylic acid groups (broad SMARTS) is 1. The molecule has 0 saturated heterocycles. The molecule has 1 aromatic heterocycles. The topological polar surface area (TPSA) is 88.2 Å². The molecule has 1 rings (SSSR count). The van der Waals surface area contributed by atoms with Crippen molar-refractivity contribution in [2.45, 2.75) is 46.2 Å². The number of carboxylic acids is 1. The van der Waals surface area contributed by atoms with Crippen LogP contribution in [-0.4, -0.2) is 26.8 Å². The summed E-state index contributed by atoms with van der Waals surface area (Å²) in [5.41, 5.74) is -0.976. The van der Waals surface area contributed by atoms with Crippen LogP contribution >= 0.6 is 0 Å². The summed E-state index contributed by atoms with van der Waals surface area (Å²) in [5, 5.41) is 15.8. The second kappa shape index (κ2) is 5.27. The zero-order valence-corrected chi connectivity index (χ0v) is 10.6. The van der Waals surface area contributed by atoms with Crippen molar-refractivity contribution in [1.29, 1.82) is 0 Å². The lowest BCUT2D eigenvalue weighted by Gasteiger charge is -2.27. The Labute approximate surface area is 100 Å². The fourth-order valence-electron chi connectivity index (χ4n) is 1.73. The predicted molar refractivity (Wildman–Crippen MR) is 61.4 cm³/mol. The summed E-state index contributed by atoms with van der Waals surface area (Å²) < 4.78 is 4.93. The number of aryl methyl sites for hydroxylation is 1. The van der Waals surface area contributed by atoms with Crippen LogP contribution in [0.1, 0.15) is 38.9 Å². The lowest BCUT2D eigenvalue weighted by atomic mass is 9.91. The SMILES string of the molecule is Cc1noc(CNC(C)(CC(C)C)C(=O)O)n1. The summed E-state index contributed by atoms with van der Waals surface area (Å²) in [6, 6.07) is 0. The average Bonchev–Trinajstić information content (AvgIpc) is 2.60. The monoisotopic (exact) mass is 241 g/mol. The zero-order valence-electron chi connectivity index (χ0n) is 10.6. The van der Waals surface area contributed by atoms with Gasteiger partial charge in [0.2, 0.25) is 5.89 Å². The molecule has 1 aromatic rings. The van der Waals surface area contributed by atoms with Gasteiger partial charge in [-0.15, -0.1) is 0 Å². The van der Waals surface area contributed by atoms with Gasteiger partial charge in [0.05, 0.1) is 6.54 Å².